The van der Waals surface area contributed by atoms with Gasteiger partial charge in [-0.15, -0.1) is 12.4 Å². The number of nitrogens with zero attached hydrogens (tertiary/aromatic N) is 3. The molecular weight excluding hydrogens is 494 g/mol. The Labute approximate surface area is 220 Å². The molecule has 1 aliphatic rings. The van der Waals surface area contributed by atoms with Crippen molar-refractivity contribution in [2.24, 2.45) is 5.84 Å². The van der Waals surface area contributed by atoms with E-state index in [9.17, 15) is 9.59 Å². The third kappa shape index (κ3) is 5.86. The largest absolute Gasteiger partial charge is 0.484 e. The first kappa shape index (κ1) is 26.0. The highest BCUT2D eigenvalue weighted by Gasteiger charge is 2.17. The Hall–Kier alpha value is -4.05. The van der Waals surface area contributed by atoms with Crippen LogP contribution in [0.15, 0.2) is 73.1 Å². The maximum atomic E-state index is 12.3. The molecule has 0 saturated carbocycles. The molecule has 1 saturated heterocycles. The quantitative estimate of drug-likeness (QED) is 0.228. The van der Waals surface area contributed by atoms with Crippen molar-refractivity contribution in [1.29, 1.82) is 0 Å². The van der Waals surface area contributed by atoms with Gasteiger partial charge in [0.25, 0.3) is 11.8 Å². The Morgan fingerprint density at radius 3 is 2.30 bits per heavy atom. The standard InChI is InChI=1S/C27H25N5O4.ClH/c28-31-27(34)22-15-25(30-24-9-10-29-16-23(22)24)20-3-1-18(2-4-20)19-5-7-21(8-6-19)36-17-26(33)32-11-13-35-14-12-32;/h1-10,15-16H,11-14,17,28H2,(H,31,34);1H. The number of hydrazine groups is 1. The number of halogens is 1. The first-order chi connectivity index (χ1) is 17.6. The van der Waals surface area contributed by atoms with E-state index in [1.54, 1.807) is 29.4 Å². The number of hydrogen-bond donors (Lipinski definition) is 2. The fourth-order valence-corrected chi connectivity index (χ4v) is 4.11. The van der Waals surface area contributed by atoms with Gasteiger partial charge >= 0.3 is 0 Å². The molecule has 5 rings (SSSR count). The molecule has 4 aromatic rings. The monoisotopic (exact) mass is 519 g/mol. The zero-order valence-corrected chi connectivity index (χ0v) is 20.7. The Morgan fingerprint density at radius 1 is 0.973 bits per heavy atom. The molecule has 1 fully saturated rings. The maximum Gasteiger partial charge on any atom is 0.265 e. The third-order valence-electron chi connectivity index (χ3n) is 6.08. The lowest BCUT2D eigenvalue weighted by molar-refractivity contribution is -0.137. The molecule has 0 aliphatic carbocycles. The number of nitrogen functional groups attached to an aromatic ring is 1. The molecule has 0 bridgehead atoms. The van der Waals surface area contributed by atoms with Crippen LogP contribution in [0.3, 0.4) is 0 Å². The van der Waals surface area contributed by atoms with Crippen molar-refractivity contribution in [1.82, 2.24) is 20.3 Å². The number of nitrogens with one attached hydrogen (secondary N) is 1. The lowest BCUT2D eigenvalue weighted by Crippen LogP contribution is -2.42. The summed E-state index contributed by atoms with van der Waals surface area (Å²) in [6, 6.07) is 19.0. The van der Waals surface area contributed by atoms with Gasteiger partial charge < -0.3 is 14.4 Å². The summed E-state index contributed by atoms with van der Waals surface area (Å²) in [7, 11) is 0. The molecule has 2 aromatic carbocycles. The minimum atomic E-state index is -0.401. The van der Waals surface area contributed by atoms with Crippen LogP contribution in [-0.2, 0) is 9.53 Å². The first-order valence-electron chi connectivity index (χ1n) is 11.6. The summed E-state index contributed by atoms with van der Waals surface area (Å²) < 4.78 is 11.0. The SMILES string of the molecule is Cl.NNC(=O)c1cc(-c2ccc(-c3ccc(OCC(=O)N4CCOCC4)cc3)cc2)nc2ccncc12. The molecule has 2 amide bonds. The van der Waals surface area contributed by atoms with E-state index in [2.05, 4.69) is 15.4 Å². The fourth-order valence-electron chi connectivity index (χ4n) is 4.11. The average molecular weight is 520 g/mol. The molecule has 10 heteroatoms. The zero-order chi connectivity index (χ0) is 24.9. The summed E-state index contributed by atoms with van der Waals surface area (Å²) in [6.45, 7) is 2.35. The van der Waals surface area contributed by atoms with Crippen molar-refractivity contribution < 1.29 is 19.1 Å². The van der Waals surface area contributed by atoms with E-state index in [1.807, 2.05) is 48.5 Å². The Balaban J connectivity index is 0.00000320. The summed E-state index contributed by atoms with van der Waals surface area (Å²) in [4.78, 5) is 35.1. The van der Waals surface area contributed by atoms with E-state index in [4.69, 9.17) is 15.3 Å². The van der Waals surface area contributed by atoms with Crippen LogP contribution in [0, 0.1) is 0 Å². The summed E-state index contributed by atoms with van der Waals surface area (Å²) >= 11 is 0. The number of amides is 2. The summed E-state index contributed by atoms with van der Waals surface area (Å²) in [6.07, 6.45) is 3.24. The van der Waals surface area contributed by atoms with Gasteiger partial charge in [0.1, 0.15) is 5.75 Å². The van der Waals surface area contributed by atoms with E-state index in [0.29, 0.717) is 54.2 Å². The number of fused-ring (bicyclic) bond motifs is 1. The van der Waals surface area contributed by atoms with Crippen molar-refractivity contribution in [3.63, 3.8) is 0 Å². The Morgan fingerprint density at radius 2 is 1.62 bits per heavy atom. The molecule has 9 nitrogen and oxygen atoms in total. The molecule has 37 heavy (non-hydrogen) atoms. The second-order valence-corrected chi connectivity index (χ2v) is 8.30. The molecule has 2 aromatic heterocycles. The molecule has 0 unspecified atom stereocenters. The van der Waals surface area contributed by atoms with Crippen LogP contribution in [0.2, 0.25) is 0 Å². The summed E-state index contributed by atoms with van der Waals surface area (Å²) in [5, 5.41) is 0.634. The van der Waals surface area contributed by atoms with E-state index in [0.717, 1.165) is 16.7 Å². The normalized spacial score (nSPS) is 13.1. The van der Waals surface area contributed by atoms with E-state index in [1.165, 1.54) is 0 Å². The van der Waals surface area contributed by atoms with Gasteiger partial charge in [0.2, 0.25) is 0 Å². The van der Waals surface area contributed by atoms with Crippen LogP contribution < -0.4 is 16.0 Å². The molecule has 0 atom stereocenters. The highest BCUT2D eigenvalue weighted by atomic mass is 35.5. The molecular formula is C27H26ClN5O4. The second-order valence-electron chi connectivity index (χ2n) is 8.30. The van der Waals surface area contributed by atoms with E-state index < -0.39 is 5.91 Å². The predicted molar refractivity (Wildman–Crippen MR) is 142 cm³/mol. The van der Waals surface area contributed by atoms with Crippen LogP contribution in [0.1, 0.15) is 10.4 Å². The van der Waals surface area contributed by atoms with Crippen LogP contribution in [0.5, 0.6) is 5.75 Å². The van der Waals surface area contributed by atoms with Gasteiger partial charge in [0.05, 0.1) is 30.0 Å². The number of hydrogen-bond acceptors (Lipinski definition) is 7. The molecule has 3 heterocycles. The zero-order valence-electron chi connectivity index (χ0n) is 19.9. The highest BCUT2D eigenvalue weighted by Crippen LogP contribution is 2.28. The summed E-state index contributed by atoms with van der Waals surface area (Å²) in [5.41, 5.74) is 6.81. The number of pyridine rings is 2. The van der Waals surface area contributed by atoms with Crippen molar-refractivity contribution in [2.45, 2.75) is 0 Å². The maximum absolute atomic E-state index is 12.3. The molecule has 3 N–H and O–H groups in total. The van der Waals surface area contributed by atoms with Crippen molar-refractivity contribution in [2.75, 3.05) is 32.9 Å². The van der Waals surface area contributed by atoms with Gasteiger partial charge in [-0.25, -0.2) is 10.8 Å². The number of aromatic nitrogens is 2. The number of carbonyl (C=O) groups is 2. The van der Waals surface area contributed by atoms with Crippen LogP contribution in [0.4, 0.5) is 0 Å². The van der Waals surface area contributed by atoms with Gasteiger partial charge in [-0.2, -0.15) is 0 Å². The summed E-state index contributed by atoms with van der Waals surface area (Å²) in [5.74, 6) is 5.57. The smallest absolute Gasteiger partial charge is 0.265 e. The molecule has 0 spiro atoms. The van der Waals surface area contributed by atoms with Gasteiger partial charge in [0, 0.05) is 36.4 Å². The minimum absolute atomic E-state index is 0. The van der Waals surface area contributed by atoms with Crippen LogP contribution in [0.25, 0.3) is 33.3 Å². The van der Waals surface area contributed by atoms with Crippen molar-refractivity contribution in [3.05, 3.63) is 78.6 Å². The third-order valence-corrected chi connectivity index (χ3v) is 6.08. The Bertz CT molecular complexity index is 1390. The van der Waals surface area contributed by atoms with Gasteiger partial charge in [0.15, 0.2) is 6.61 Å². The van der Waals surface area contributed by atoms with Gasteiger partial charge in [-0.3, -0.25) is 20.0 Å². The molecule has 190 valence electrons. The van der Waals surface area contributed by atoms with Gasteiger partial charge in [-0.05, 0) is 35.4 Å². The Kier molecular flexibility index (Phi) is 8.29. The number of carbonyl (C=O) groups excluding carboxylic acids is 2. The van der Waals surface area contributed by atoms with Crippen molar-refractivity contribution in [3.8, 4) is 28.1 Å². The fraction of sp³-hybridized carbons (Fsp3) is 0.185. The number of nitrogens with two attached hydrogens (primary N) is 1. The highest BCUT2D eigenvalue weighted by molar-refractivity contribution is 6.06. The number of benzene rings is 2. The van der Waals surface area contributed by atoms with Crippen LogP contribution in [-0.4, -0.2) is 59.6 Å². The topological polar surface area (TPSA) is 120 Å². The average Bonchev–Trinajstić information content (AvgIpc) is 2.95. The predicted octanol–water partition coefficient (Wildman–Crippen LogP) is 3.23. The number of morpholine rings is 1. The van der Waals surface area contributed by atoms with Crippen LogP contribution >= 0.6 is 12.4 Å². The van der Waals surface area contributed by atoms with Gasteiger partial charge in [-0.1, -0.05) is 36.4 Å². The second kappa shape index (κ2) is 11.8. The first-order valence-corrected chi connectivity index (χ1v) is 11.6. The number of rotatable bonds is 6. The molecule has 1 aliphatic heterocycles. The minimum Gasteiger partial charge on any atom is -0.484 e. The van der Waals surface area contributed by atoms with E-state index in [-0.39, 0.29) is 24.9 Å². The lowest BCUT2D eigenvalue weighted by Gasteiger charge is -2.26. The number of ether oxygens (including phenoxy) is 2. The lowest BCUT2D eigenvalue weighted by atomic mass is 10.0. The van der Waals surface area contributed by atoms with Crippen molar-refractivity contribution >= 4 is 35.1 Å². The van der Waals surface area contributed by atoms with E-state index >= 15 is 0 Å². The molecule has 0 radical (unpaired) electrons.